The number of aliphatic hydroxyl groups excluding tert-OH is 1. The number of amides is 4. The molecule has 0 unspecified atom stereocenters. The third kappa shape index (κ3) is 10.7. The van der Waals surface area contributed by atoms with Gasteiger partial charge in [-0.05, 0) is 90.3 Å². The molecule has 16 nitrogen and oxygen atoms in total. The van der Waals surface area contributed by atoms with Crippen LogP contribution in [0.25, 0.3) is 0 Å². The summed E-state index contributed by atoms with van der Waals surface area (Å²) in [7, 11) is 0. The highest BCUT2D eigenvalue weighted by Crippen LogP contribution is 2.52. The van der Waals surface area contributed by atoms with Gasteiger partial charge in [0.2, 0.25) is 5.91 Å². The van der Waals surface area contributed by atoms with Crippen LogP contribution in [0.3, 0.4) is 0 Å². The molecule has 0 spiro atoms. The Balaban J connectivity index is 1.47. The number of thioether (sulfide) groups is 1. The zero-order chi connectivity index (χ0) is 44.6. The van der Waals surface area contributed by atoms with Crippen LogP contribution in [0.15, 0.2) is 59.1 Å². The molecule has 0 saturated carbocycles. The average molecular weight is 865 g/mol. The molecule has 2 aromatic carbocycles. The van der Waals surface area contributed by atoms with Gasteiger partial charge in [0.05, 0.1) is 29.5 Å². The Morgan fingerprint density at radius 1 is 0.967 bits per heavy atom. The minimum absolute atomic E-state index is 0.0757. The first-order valence-electron chi connectivity index (χ1n) is 19.0. The van der Waals surface area contributed by atoms with E-state index in [-0.39, 0.29) is 36.5 Å². The van der Waals surface area contributed by atoms with E-state index in [0.29, 0.717) is 10.5 Å². The number of carbonyl (C=O) groups is 5. The lowest BCUT2D eigenvalue weighted by Gasteiger charge is -2.46. The predicted molar refractivity (Wildman–Crippen MR) is 208 cm³/mol. The number of fused-ring (bicyclic) bond motifs is 1. The molecule has 2 fully saturated rings. The summed E-state index contributed by atoms with van der Waals surface area (Å²) < 4.78 is 59.3. The first-order chi connectivity index (χ1) is 27.7. The molecular weight excluding hydrogens is 818 g/mol. The second-order valence-electron chi connectivity index (χ2n) is 16.7. The monoisotopic (exact) mass is 864 g/mol. The molecule has 0 aliphatic carbocycles. The van der Waals surface area contributed by atoms with Crippen LogP contribution < -0.4 is 4.74 Å². The number of ether oxygens (including phenoxy) is 4. The normalized spacial score (nSPS) is 22.1. The molecule has 2 saturated heterocycles. The predicted octanol–water partition coefficient (Wildman–Crippen LogP) is 6.68. The SMILES string of the molecule is C[C@@H](O)[C@H]1C(=O)N2C(C(=O)OCc3ccc([N+](=O)[O-])cc3)=C(S[C@H]3C[C@@H](C(=O)N(Cc4ccc(OC(F)(F)F)cc4)C(=O)OC(C)(C)C)N(C(=O)OC(C)(C)C)C3)[C@H](C)[C@H]12. The number of nitro benzene ring substituents is 1. The number of β-lactam (4-membered cyclic amide) rings is 1. The van der Waals surface area contributed by atoms with Gasteiger partial charge in [-0.2, -0.15) is 0 Å². The van der Waals surface area contributed by atoms with Crippen molar-refractivity contribution in [1.82, 2.24) is 14.7 Å². The number of non-ortho nitro benzene ring substituents is 1. The fraction of sp³-hybridized carbons (Fsp3) is 0.525. The van der Waals surface area contributed by atoms with Crippen molar-refractivity contribution < 1.29 is 66.1 Å². The second kappa shape index (κ2) is 17.3. The highest BCUT2D eigenvalue weighted by Gasteiger charge is 2.61. The van der Waals surface area contributed by atoms with Gasteiger partial charge in [0, 0.05) is 34.8 Å². The van der Waals surface area contributed by atoms with E-state index in [1.54, 1.807) is 48.5 Å². The third-order valence-electron chi connectivity index (χ3n) is 9.67. The van der Waals surface area contributed by atoms with Crippen molar-refractivity contribution in [3.8, 4) is 5.75 Å². The van der Waals surface area contributed by atoms with Gasteiger partial charge in [-0.1, -0.05) is 19.1 Å². The number of benzene rings is 2. The van der Waals surface area contributed by atoms with Crippen LogP contribution in [-0.2, 0) is 41.7 Å². The number of likely N-dealkylation sites (tertiary alicyclic amines) is 1. The van der Waals surface area contributed by atoms with Crippen LogP contribution in [0.4, 0.5) is 28.4 Å². The molecule has 4 amide bonds. The zero-order valence-corrected chi connectivity index (χ0v) is 35.0. The molecule has 3 aliphatic heterocycles. The quantitative estimate of drug-likeness (QED) is 0.0827. The van der Waals surface area contributed by atoms with E-state index in [4.69, 9.17) is 14.2 Å². The molecule has 6 atom stereocenters. The van der Waals surface area contributed by atoms with Gasteiger partial charge in [0.15, 0.2) is 0 Å². The maximum atomic E-state index is 14.6. The maximum Gasteiger partial charge on any atom is 0.573 e. The van der Waals surface area contributed by atoms with E-state index >= 15 is 0 Å². The molecule has 2 aromatic rings. The molecule has 0 bridgehead atoms. The van der Waals surface area contributed by atoms with E-state index in [1.807, 2.05) is 0 Å². The Morgan fingerprint density at radius 2 is 1.55 bits per heavy atom. The van der Waals surface area contributed by atoms with E-state index in [2.05, 4.69) is 4.74 Å². The number of nitro groups is 1. The van der Waals surface area contributed by atoms with Gasteiger partial charge in [-0.3, -0.25) is 24.6 Å². The summed E-state index contributed by atoms with van der Waals surface area (Å²) in [6.07, 6.45) is -8.05. The fourth-order valence-corrected chi connectivity index (χ4v) is 8.65. The van der Waals surface area contributed by atoms with Crippen LogP contribution in [-0.4, -0.2) is 102 Å². The Kier molecular flexibility index (Phi) is 13.2. The molecule has 60 heavy (non-hydrogen) atoms. The van der Waals surface area contributed by atoms with Gasteiger partial charge < -0.3 is 29.0 Å². The molecule has 3 aliphatic rings. The Bertz CT molecular complexity index is 2030. The van der Waals surface area contributed by atoms with Gasteiger partial charge in [0.25, 0.3) is 11.6 Å². The van der Waals surface area contributed by atoms with Crippen molar-refractivity contribution in [3.63, 3.8) is 0 Å². The molecule has 3 heterocycles. The summed E-state index contributed by atoms with van der Waals surface area (Å²) in [6.45, 7) is 12.0. The summed E-state index contributed by atoms with van der Waals surface area (Å²) in [4.78, 5) is 83.4. The summed E-state index contributed by atoms with van der Waals surface area (Å²) in [6, 6.07) is 7.94. The van der Waals surface area contributed by atoms with E-state index in [9.17, 15) is 52.4 Å². The molecule has 0 aromatic heterocycles. The lowest BCUT2D eigenvalue weighted by molar-refractivity contribution is -0.384. The lowest BCUT2D eigenvalue weighted by atomic mass is 9.79. The van der Waals surface area contributed by atoms with Crippen molar-refractivity contribution >= 4 is 47.4 Å². The highest BCUT2D eigenvalue weighted by molar-refractivity contribution is 8.03. The Labute approximate surface area is 348 Å². The van der Waals surface area contributed by atoms with Crippen LogP contribution in [0, 0.1) is 22.0 Å². The minimum Gasteiger partial charge on any atom is -0.456 e. The Morgan fingerprint density at radius 3 is 2.08 bits per heavy atom. The minimum atomic E-state index is -4.95. The van der Waals surface area contributed by atoms with E-state index in [1.165, 1.54) is 48.2 Å². The van der Waals surface area contributed by atoms with Crippen molar-refractivity contribution in [2.45, 2.75) is 116 Å². The standard InChI is InChI=1S/C40H47F3N4O12S/c1-21-30-29(22(2)48)34(50)46(30)31(35(51)56-20-24-9-13-25(14-10-24)47(54)55)32(21)60-27-17-28(44(19-27)36(52)58-38(3,4)5)33(49)45(37(53)59-39(6,7)8)18-23-11-15-26(16-12-23)57-40(41,42)43/h9-16,21-22,27-30,48H,17-20H2,1-8H3/t21-,22-,27+,28+,29-,30-/m1/s1. The van der Waals surface area contributed by atoms with Crippen molar-refractivity contribution in [2.24, 2.45) is 11.8 Å². The molecule has 20 heteroatoms. The Hall–Kier alpha value is -5.37. The van der Waals surface area contributed by atoms with Crippen molar-refractivity contribution in [1.29, 1.82) is 0 Å². The number of imide groups is 1. The number of nitrogens with zero attached hydrogens (tertiary/aromatic N) is 4. The number of alkyl halides is 3. The van der Waals surface area contributed by atoms with Gasteiger partial charge in [-0.25, -0.2) is 19.3 Å². The zero-order valence-electron chi connectivity index (χ0n) is 34.2. The molecular formula is C40H47F3N4O12S. The number of rotatable bonds is 11. The third-order valence-corrected chi connectivity index (χ3v) is 11.2. The van der Waals surface area contributed by atoms with Crippen LogP contribution in [0.1, 0.15) is 72.9 Å². The van der Waals surface area contributed by atoms with Crippen molar-refractivity contribution in [2.75, 3.05) is 6.54 Å². The first kappa shape index (κ1) is 45.7. The topological polar surface area (TPSA) is 195 Å². The molecule has 326 valence electrons. The van der Waals surface area contributed by atoms with Gasteiger partial charge in [-0.15, -0.1) is 24.9 Å². The fourth-order valence-electron chi connectivity index (χ4n) is 7.13. The number of hydrogen-bond acceptors (Lipinski definition) is 13. The van der Waals surface area contributed by atoms with Crippen LogP contribution in [0.5, 0.6) is 5.75 Å². The smallest absolute Gasteiger partial charge is 0.456 e. The maximum absolute atomic E-state index is 14.6. The van der Waals surface area contributed by atoms with E-state index in [0.717, 1.165) is 33.7 Å². The average Bonchev–Trinajstić information content (AvgIpc) is 3.65. The van der Waals surface area contributed by atoms with Crippen molar-refractivity contribution in [3.05, 3.63) is 80.4 Å². The second-order valence-corrected chi connectivity index (χ2v) is 18.0. The molecule has 5 rings (SSSR count). The number of esters is 1. The van der Waals surface area contributed by atoms with E-state index < -0.39 is 100 Å². The summed E-state index contributed by atoms with van der Waals surface area (Å²) in [5.74, 6) is -4.12. The molecule has 0 radical (unpaired) electrons. The first-order valence-corrected chi connectivity index (χ1v) is 19.8. The number of halogens is 3. The van der Waals surface area contributed by atoms with Crippen LogP contribution in [0.2, 0.25) is 0 Å². The summed E-state index contributed by atoms with van der Waals surface area (Å²) in [5.41, 5.74) is -1.65. The van der Waals surface area contributed by atoms with Crippen LogP contribution >= 0.6 is 11.8 Å². The van der Waals surface area contributed by atoms with Gasteiger partial charge >= 0.3 is 24.5 Å². The molecule has 1 N–H and O–H groups in total. The number of aliphatic hydroxyl groups is 1. The largest absolute Gasteiger partial charge is 0.573 e. The number of carbonyl (C=O) groups excluding carboxylic acids is 5. The number of hydrogen-bond donors (Lipinski definition) is 1. The highest BCUT2D eigenvalue weighted by atomic mass is 32.2. The summed E-state index contributed by atoms with van der Waals surface area (Å²) >= 11 is 1.14. The summed E-state index contributed by atoms with van der Waals surface area (Å²) in [5, 5.41) is 21.0. The lowest BCUT2D eigenvalue weighted by Crippen LogP contribution is -2.63. The van der Waals surface area contributed by atoms with Gasteiger partial charge in [0.1, 0.15) is 35.3 Å².